The van der Waals surface area contributed by atoms with Crippen molar-refractivity contribution < 1.29 is 23.9 Å². The number of Topliss-reactive ketones (excluding diaryl/α,β-unsaturated/α-hetero) is 1. The first-order valence-electron chi connectivity index (χ1n) is 19.5. The van der Waals surface area contributed by atoms with Gasteiger partial charge in [0.05, 0.1) is 24.7 Å². The number of carbonyl (C=O) groups is 4. The number of fused-ring (bicyclic) bond motifs is 1. The van der Waals surface area contributed by atoms with Crippen LogP contribution in [0.5, 0.6) is 5.75 Å². The summed E-state index contributed by atoms with van der Waals surface area (Å²) >= 11 is 6.43. The molecule has 3 saturated heterocycles. The number of piperazine rings is 1. The second-order valence-electron chi connectivity index (χ2n) is 15.1. The molecule has 0 aliphatic carbocycles. The van der Waals surface area contributed by atoms with Gasteiger partial charge in [0.25, 0.3) is 5.91 Å². The molecular formula is C42H46ClN9O5. The van der Waals surface area contributed by atoms with E-state index in [1.165, 1.54) is 13.1 Å². The molecule has 8 rings (SSSR count). The molecule has 3 N–H and O–H groups in total. The summed E-state index contributed by atoms with van der Waals surface area (Å²) in [4.78, 5) is 67.3. The van der Waals surface area contributed by atoms with Gasteiger partial charge in [-0.3, -0.25) is 29.4 Å². The van der Waals surface area contributed by atoms with E-state index < -0.39 is 6.04 Å². The van der Waals surface area contributed by atoms with E-state index in [1.807, 2.05) is 36.4 Å². The maximum Gasteiger partial charge on any atom is 0.255 e. The van der Waals surface area contributed by atoms with E-state index in [2.05, 4.69) is 52.8 Å². The van der Waals surface area contributed by atoms with Crippen LogP contribution in [-0.2, 0) is 16.1 Å². The summed E-state index contributed by atoms with van der Waals surface area (Å²) < 4.78 is 5.79. The molecule has 4 aliphatic heterocycles. The van der Waals surface area contributed by atoms with Crippen LogP contribution >= 0.6 is 11.6 Å². The van der Waals surface area contributed by atoms with Crippen LogP contribution in [0.1, 0.15) is 58.9 Å². The van der Waals surface area contributed by atoms with Crippen molar-refractivity contribution >= 4 is 69.6 Å². The quantitative estimate of drug-likeness (QED) is 0.128. The predicted molar refractivity (Wildman–Crippen MR) is 219 cm³/mol. The van der Waals surface area contributed by atoms with Crippen molar-refractivity contribution in [2.75, 3.05) is 73.4 Å². The smallest absolute Gasteiger partial charge is 0.255 e. The third kappa shape index (κ3) is 8.23. The van der Waals surface area contributed by atoms with Crippen molar-refractivity contribution in [1.29, 1.82) is 0 Å². The zero-order valence-electron chi connectivity index (χ0n) is 32.1. The van der Waals surface area contributed by atoms with E-state index in [0.717, 1.165) is 81.3 Å². The van der Waals surface area contributed by atoms with Crippen molar-refractivity contribution in [2.24, 2.45) is 5.92 Å². The number of para-hydroxylation sites is 1. The summed E-state index contributed by atoms with van der Waals surface area (Å²) in [7, 11) is 1.65. The molecule has 3 fully saturated rings. The number of hydrogen-bond donors (Lipinski definition) is 3. The van der Waals surface area contributed by atoms with Gasteiger partial charge >= 0.3 is 0 Å². The Morgan fingerprint density at radius 1 is 0.895 bits per heavy atom. The Hall–Kier alpha value is -5.73. The van der Waals surface area contributed by atoms with Gasteiger partial charge in [0.2, 0.25) is 17.8 Å². The Morgan fingerprint density at radius 3 is 2.39 bits per heavy atom. The molecule has 4 aromatic rings. The molecule has 0 saturated carbocycles. The van der Waals surface area contributed by atoms with Crippen molar-refractivity contribution in [3.05, 3.63) is 88.6 Å². The number of imide groups is 1. The van der Waals surface area contributed by atoms with Crippen molar-refractivity contribution in [3.63, 3.8) is 0 Å². The Labute approximate surface area is 336 Å². The first-order chi connectivity index (χ1) is 27.6. The molecule has 296 valence electrons. The number of nitrogens with zero attached hydrogens (tertiary/aromatic N) is 6. The summed E-state index contributed by atoms with van der Waals surface area (Å²) in [6.07, 6.45) is 4.33. The lowest BCUT2D eigenvalue weighted by molar-refractivity contribution is -0.136. The fraction of sp³-hybridized carbons (Fsp3) is 0.381. The highest BCUT2D eigenvalue weighted by Gasteiger charge is 2.39. The molecule has 15 heteroatoms. The minimum Gasteiger partial charge on any atom is -0.494 e. The number of anilines is 6. The van der Waals surface area contributed by atoms with Crippen LogP contribution in [0.15, 0.2) is 66.9 Å². The number of amides is 3. The minimum absolute atomic E-state index is 0.0663. The Balaban J connectivity index is 0.820. The highest BCUT2D eigenvalue weighted by Crippen LogP contribution is 2.35. The minimum atomic E-state index is -0.604. The summed E-state index contributed by atoms with van der Waals surface area (Å²) in [6.45, 7) is 8.68. The summed E-state index contributed by atoms with van der Waals surface area (Å²) in [6, 6.07) is 18.7. The zero-order chi connectivity index (χ0) is 39.6. The molecule has 0 spiro atoms. The van der Waals surface area contributed by atoms with Gasteiger partial charge in [-0.2, -0.15) is 4.98 Å². The monoisotopic (exact) mass is 791 g/mol. The Kier molecular flexibility index (Phi) is 11.0. The van der Waals surface area contributed by atoms with Crippen LogP contribution in [0.3, 0.4) is 0 Å². The van der Waals surface area contributed by atoms with Crippen LogP contribution < -0.4 is 30.5 Å². The number of halogens is 1. The highest BCUT2D eigenvalue weighted by atomic mass is 35.5. The molecule has 1 atom stereocenters. The largest absolute Gasteiger partial charge is 0.494 e. The average Bonchev–Trinajstić information content (AvgIpc) is 3.54. The van der Waals surface area contributed by atoms with Crippen molar-refractivity contribution in [1.82, 2.24) is 25.1 Å². The average molecular weight is 792 g/mol. The molecule has 5 heterocycles. The standard InChI is InChI=1S/C42H46ClN9O5/c1-26(53)31-5-3-4-6-34(31)45-39-33(43)23-44-42(48-39)46-35-10-8-30(22-37(35)57-2)50-15-13-27(14-16-50)24-49-17-19-51(20-18-49)29-7-9-32-28(21-29)25-52(41(32)56)36-11-12-38(54)47-40(36)55/h3-10,21-23,27,36H,11-20,24-25H2,1-2H3,(H,47,54,55)(H2,44,45,46,48). The molecule has 14 nitrogen and oxygen atoms in total. The van der Waals surface area contributed by atoms with Crippen molar-refractivity contribution in [2.45, 2.75) is 45.2 Å². The normalized spacial score (nSPS) is 19.0. The van der Waals surface area contributed by atoms with Gasteiger partial charge in [-0.05, 0) is 80.1 Å². The molecular weight excluding hydrogens is 746 g/mol. The Morgan fingerprint density at radius 2 is 1.63 bits per heavy atom. The van der Waals surface area contributed by atoms with Gasteiger partial charge in [-0.25, -0.2) is 4.98 Å². The van der Waals surface area contributed by atoms with Gasteiger partial charge in [0, 0.05) is 87.3 Å². The number of benzene rings is 3. The summed E-state index contributed by atoms with van der Waals surface area (Å²) in [5, 5.41) is 9.13. The number of hydrogen-bond acceptors (Lipinski definition) is 12. The van der Waals surface area contributed by atoms with E-state index in [1.54, 1.807) is 24.1 Å². The molecule has 0 bridgehead atoms. The summed E-state index contributed by atoms with van der Waals surface area (Å²) in [5.74, 6) is 1.12. The molecule has 1 aromatic heterocycles. The predicted octanol–water partition coefficient (Wildman–Crippen LogP) is 5.63. The number of aromatic nitrogens is 2. The number of ether oxygens (including phenoxy) is 1. The second kappa shape index (κ2) is 16.4. The van der Waals surface area contributed by atoms with Gasteiger partial charge in [0.1, 0.15) is 16.8 Å². The van der Waals surface area contributed by atoms with E-state index in [4.69, 9.17) is 16.3 Å². The van der Waals surface area contributed by atoms with Gasteiger partial charge < -0.3 is 30.1 Å². The molecule has 3 amide bonds. The maximum atomic E-state index is 13.1. The number of rotatable bonds is 11. The molecule has 0 radical (unpaired) electrons. The lowest BCUT2D eigenvalue weighted by Crippen LogP contribution is -2.52. The van der Waals surface area contributed by atoms with Crippen LogP contribution in [0.2, 0.25) is 5.02 Å². The van der Waals surface area contributed by atoms with Crippen LogP contribution in [0.25, 0.3) is 0 Å². The second-order valence-corrected chi connectivity index (χ2v) is 15.5. The lowest BCUT2D eigenvalue weighted by atomic mass is 9.95. The highest BCUT2D eigenvalue weighted by molar-refractivity contribution is 6.33. The first kappa shape index (κ1) is 38.2. The zero-order valence-corrected chi connectivity index (χ0v) is 32.8. The molecule has 57 heavy (non-hydrogen) atoms. The number of piperidine rings is 2. The Bertz CT molecular complexity index is 2200. The van der Waals surface area contributed by atoms with E-state index >= 15 is 0 Å². The lowest BCUT2D eigenvalue weighted by Gasteiger charge is -2.40. The van der Waals surface area contributed by atoms with Gasteiger partial charge in [-0.15, -0.1) is 0 Å². The SMILES string of the molecule is COc1cc(N2CCC(CN3CCN(c4ccc5c(c4)CN(C4CCC(=O)NC4=O)C5=O)CC3)CC2)ccc1Nc1ncc(Cl)c(Nc2ccccc2C(C)=O)n1. The van der Waals surface area contributed by atoms with Gasteiger partial charge in [-0.1, -0.05) is 23.7 Å². The van der Waals surface area contributed by atoms with Crippen LogP contribution in [0.4, 0.5) is 34.5 Å². The van der Waals surface area contributed by atoms with Crippen LogP contribution in [0, 0.1) is 5.92 Å². The van der Waals surface area contributed by atoms with Crippen molar-refractivity contribution in [3.8, 4) is 5.75 Å². The molecule has 4 aliphatic rings. The van der Waals surface area contributed by atoms with E-state index in [-0.39, 0.29) is 29.9 Å². The summed E-state index contributed by atoms with van der Waals surface area (Å²) in [5.41, 5.74) is 5.65. The molecule has 1 unspecified atom stereocenters. The first-order valence-corrected chi connectivity index (χ1v) is 19.9. The third-order valence-corrected chi connectivity index (χ3v) is 11.8. The number of methoxy groups -OCH3 is 1. The molecule has 3 aromatic carbocycles. The number of ketones is 1. The van der Waals surface area contributed by atoms with Crippen LogP contribution in [-0.4, -0.2) is 102 Å². The number of nitrogens with one attached hydrogen (secondary N) is 3. The van der Waals surface area contributed by atoms with Gasteiger partial charge in [0.15, 0.2) is 11.6 Å². The van der Waals surface area contributed by atoms with E-state index in [0.29, 0.717) is 58.2 Å². The topological polar surface area (TPSA) is 152 Å². The fourth-order valence-electron chi connectivity index (χ4n) is 8.33. The third-order valence-electron chi connectivity index (χ3n) is 11.5. The number of carbonyl (C=O) groups excluding carboxylic acids is 4. The maximum absolute atomic E-state index is 13.1. The van der Waals surface area contributed by atoms with E-state index in [9.17, 15) is 19.2 Å². The fourth-order valence-corrected chi connectivity index (χ4v) is 8.47.